The van der Waals surface area contributed by atoms with Crippen molar-refractivity contribution in [2.75, 3.05) is 0 Å². The van der Waals surface area contributed by atoms with Gasteiger partial charge in [-0.2, -0.15) is 0 Å². The molecule has 0 atom stereocenters. The summed E-state index contributed by atoms with van der Waals surface area (Å²) < 4.78 is 0. The van der Waals surface area contributed by atoms with Crippen molar-refractivity contribution in [1.29, 1.82) is 0 Å². The van der Waals surface area contributed by atoms with Crippen molar-refractivity contribution in [1.82, 2.24) is 0 Å². The van der Waals surface area contributed by atoms with Gasteiger partial charge >= 0.3 is 20.4 Å². The van der Waals surface area contributed by atoms with Crippen LogP contribution in [0.5, 0.6) is 23.0 Å². The number of hydrogen-bond acceptors (Lipinski definition) is 10. The second kappa shape index (κ2) is 50.6. The van der Waals surface area contributed by atoms with Crippen LogP contribution < -0.4 is 10.2 Å². The van der Waals surface area contributed by atoms with Crippen LogP contribution in [-0.4, -0.2) is 43.8 Å². The van der Waals surface area contributed by atoms with Gasteiger partial charge in [0.15, 0.2) is 23.0 Å². The molecule has 0 aliphatic heterocycles. The third-order valence-electron chi connectivity index (χ3n) is 15.5. The number of para-hydroxylation sites is 1. The number of carbonyl (C=O) groups is 2. The number of aliphatic imine (C=N–C) groups is 2. The fraction of sp³-hybridized carbons (Fsp3) is 0.600. The van der Waals surface area contributed by atoms with Crippen LogP contribution in [0, 0.1) is 11.8 Å². The Labute approximate surface area is 535 Å². The molecule has 0 spiro atoms. The molecule has 11 heteroatoms. The second-order valence-corrected chi connectivity index (χ2v) is 23.1. The van der Waals surface area contributed by atoms with E-state index >= 15 is 0 Å². The summed E-state index contributed by atoms with van der Waals surface area (Å²) >= 11 is 0. The molecule has 0 amide bonds. The Morgan fingerprint density at radius 2 is 0.779 bits per heavy atom. The molecule has 0 heterocycles. The number of rotatable bonds is 42. The fourth-order valence-corrected chi connectivity index (χ4v) is 10.6. The Morgan fingerprint density at radius 1 is 0.395 bits per heavy atom. The van der Waals surface area contributed by atoms with E-state index in [2.05, 4.69) is 88.9 Å². The van der Waals surface area contributed by atoms with Crippen molar-refractivity contribution in [2.24, 2.45) is 9.98 Å². The maximum atomic E-state index is 10.7. The third-order valence-corrected chi connectivity index (χ3v) is 15.5. The Bertz CT molecular complexity index is 2500. The first-order valence-electron chi connectivity index (χ1n) is 33.6. The standard InChI is InChI=1S/C55H90N2.2C10H12O4.Pd/c1-6-11-16-18-19-20-21-22-23-24-25-26-27-28-29-30-31-35-41-51-42-37-38-43-53(51)57-55(45-36-17-12-7-2)54(44-34-15-10-5)56-52-47-49(39-32-13-8-3)46-50(48-52)40-33-14-9-4;2*1-2-3-6-4-5-7(11)9(12)8(6)10(13)14;/h37-38,42-43,46-48H,6-29,32-36,39-41,44-45H2,1-5H3;2*4-5,11-12H,2-3H2,1H3,(H,13,14);/q;;;+2/p-2. The molecule has 0 radical (unpaired) electrons. The number of aromatic hydroxyl groups is 4. The smallest absolute Gasteiger partial charge is 0.545 e. The van der Waals surface area contributed by atoms with Crippen molar-refractivity contribution < 1.29 is 60.7 Å². The quantitative estimate of drug-likeness (QED) is 0.0111. The van der Waals surface area contributed by atoms with E-state index in [4.69, 9.17) is 20.2 Å². The molecule has 4 aromatic carbocycles. The minimum atomic E-state index is -1.47. The topological polar surface area (TPSA) is 186 Å². The number of phenolic OH excluding ortho intramolecular Hbond substituents is 2. The van der Waals surface area contributed by atoms with Crippen molar-refractivity contribution in [3.63, 3.8) is 0 Å². The van der Waals surface area contributed by atoms with E-state index in [1.54, 1.807) is 0 Å². The van der Waals surface area contributed by atoms with Gasteiger partial charge in [-0.05, 0) is 135 Å². The number of benzene rings is 4. The van der Waals surface area contributed by atoms with E-state index in [-0.39, 0.29) is 31.5 Å². The van der Waals surface area contributed by atoms with Crippen LogP contribution in [0.1, 0.15) is 309 Å². The average Bonchev–Trinajstić information content (AvgIpc) is 2.03. The van der Waals surface area contributed by atoms with Gasteiger partial charge in [0.25, 0.3) is 0 Å². The summed E-state index contributed by atoms with van der Waals surface area (Å²) in [5.74, 6) is 1.98. The SMILES string of the molecule is CCCCCCCCCCCCCCCCC#CCCc1ccccc1N=C(CCCCCC)C(CCCCC)=Nc1cc(CCCCC)cc(CCCCC)c1.CCCc1ccc(O)c(O)c1C(=O)[O-].CCCc1ccc(O)c(O)c1C(=O)[O-].[Pd+2]. The van der Waals surface area contributed by atoms with Crippen LogP contribution >= 0.6 is 0 Å². The summed E-state index contributed by atoms with van der Waals surface area (Å²) in [4.78, 5) is 32.5. The van der Waals surface area contributed by atoms with Crippen molar-refractivity contribution in [2.45, 2.75) is 292 Å². The molecule has 0 saturated carbocycles. The first kappa shape index (κ1) is 78.6. The molecule has 480 valence electrons. The Hall–Kier alpha value is -5.42. The third kappa shape index (κ3) is 33.6. The van der Waals surface area contributed by atoms with Crippen LogP contribution in [0.15, 0.2) is 76.7 Å². The van der Waals surface area contributed by atoms with E-state index in [1.165, 1.54) is 226 Å². The van der Waals surface area contributed by atoms with E-state index in [0.717, 1.165) is 69.2 Å². The van der Waals surface area contributed by atoms with Crippen LogP contribution in [0.2, 0.25) is 0 Å². The maximum Gasteiger partial charge on any atom is 2.00 e. The zero-order valence-corrected chi connectivity index (χ0v) is 55.9. The van der Waals surface area contributed by atoms with Crippen LogP contribution in [0.4, 0.5) is 11.4 Å². The number of carboxylic acids is 2. The van der Waals surface area contributed by atoms with Crippen LogP contribution in [-0.2, 0) is 52.5 Å². The first-order chi connectivity index (χ1) is 41.3. The van der Waals surface area contributed by atoms with Crippen LogP contribution in [0.3, 0.4) is 0 Å². The Morgan fingerprint density at radius 3 is 1.23 bits per heavy atom. The predicted molar refractivity (Wildman–Crippen MR) is 354 cm³/mol. The van der Waals surface area contributed by atoms with Crippen molar-refractivity contribution >= 4 is 34.7 Å². The van der Waals surface area contributed by atoms with E-state index in [9.17, 15) is 30.0 Å². The molecule has 0 aromatic heterocycles. The molecule has 4 N–H and O–H groups in total. The monoisotopic (exact) mass is 1270 g/mol. The van der Waals surface area contributed by atoms with Crippen molar-refractivity contribution in [3.8, 4) is 34.8 Å². The van der Waals surface area contributed by atoms with Gasteiger partial charge in [0.2, 0.25) is 0 Å². The number of nitrogens with zero attached hydrogens (tertiary/aromatic N) is 2. The van der Waals surface area contributed by atoms with Gasteiger partial charge in [-0.1, -0.05) is 239 Å². The summed E-state index contributed by atoms with van der Waals surface area (Å²) in [7, 11) is 0. The number of carbonyl (C=O) groups excluding carboxylic acids is 2. The molecule has 0 aliphatic rings. The summed E-state index contributed by atoms with van der Waals surface area (Å²) in [5, 5.41) is 58.2. The van der Waals surface area contributed by atoms with Gasteiger partial charge in [-0.15, -0.1) is 11.8 Å². The fourth-order valence-electron chi connectivity index (χ4n) is 10.6. The molecule has 4 aromatic rings. The molecule has 10 nitrogen and oxygen atoms in total. The number of hydrogen-bond donors (Lipinski definition) is 4. The first-order valence-corrected chi connectivity index (χ1v) is 33.6. The van der Waals surface area contributed by atoms with Gasteiger partial charge < -0.3 is 40.2 Å². The van der Waals surface area contributed by atoms with E-state index in [1.807, 2.05) is 13.8 Å². The number of aryl methyl sites for hydroxylation is 5. The van der Waals surface area contributed by atoms with Gasteiger partial charge in [0.05, 0.1) is 34.7 Å². The number of phenols is 4. The molecule has 4 rings (SSSR count). The zero-order chi connectivity index (χ0) is 62.3. The Kier molecular flexibility index (Phi) is 46.2. The molecule has 0 unspecified atom stereocenters. The minimum absolute atomic E-state index is 0. The minimum Gasteiger partial charge on any atom is -0.545 e. The maximum absolute atomic E-state index is 10.7. The van der Waals surface area contributed by atoms with Gasteiger partial charge in [-0.3, -0.25) is 9.98 Å². The Balaban J connectivity index is 0.00000103. The molecular weight excluding hydrogens is 1160 g/mol. The molecular formula is C75H112N2O8Pd. The molecule has 86 heavy (non-hydrogen) atoms. The van der Waals surface area contributed by atoms with E-state index in [0.29, 0.717) is 24.0 Å². The number of aromatic carboxylic acids is 2. The normalized spacial score (nSPS) is 11.2. The largest absolute Gasteiger partial charge is 2.00 e. The predicted octanol–water partition coefficient (Wildman–Crippen LogP) is 19.2. The number of unbranched alkanes of at least 4 members (excludes halogenated alkanes) is 23. The van der Waals surface area contributed by atoms with Gasteiger partial charge in [0, 0.05) is 24.0 Å². The molecule has 0 fully saturated rings. The summed E-state index contributed by atoms with van der Waals surface area (Å²) in [6.45, 7) is 15.3. The zero-order valence-electron chi connectivity index (χ0n) is 54.4. The van der Waals surface area contributed by atoms with Crippen LogP contribution in [0.25, 0.3) is 0 Å². The average molecular weight is 1280 g/mol. The summed E-state index contributed by atoms with van der Waals surface area (Å²) in [6, 6.07) is 21.6. The summed E-state index contributed by atoms with van der Waals surface area (Å²) in [5.41, 5.74) is 9.25. The van der Waals surface area contributed by atoms with E-state index < -0.39 is 34.9 Å². The molecule has 0 aliphatic carbocycles. The second-order valence-electron chi connectivity index (χ2n) is 23.1. The number of carboxylic acid groups (broad SMARTS) is 2. The van der Waals surface area contributed by atoms with Crippen molar-refractivity contribution in [3.05, 3.63) is 106 Å². The summed E-state index contributed by atoms with van der Waals surface area (Å²) in [6.07, 6.45) is 45.6. The molecule has 0 bridgehead atoms. The van der Waals surface area contributed by atoms with Gasteiger partial charge in [-0.25, -0.2) is 0 Å². The molecule has 0 saturated heterocycles. The van der Waals surface area contributed by atoms with Gasteiger partial charge in [0.1, 0.15) is 0 Å².